The van der Waals surface area contributed by atoms with Crippen LogP contribution in [0, 0.1) is 134 Å². The summed E-state index contributed by atoms with van der Waals surface area (Å²) < 4.78 is 348. The van der Waals surface area contributed by atoms with E-state index in [0.29, 0.717) is 0 Å². The van der Waals surface area contributed by atoms with E-state index < -0.39 is 191 Å². The smallest absolute Gasteiger partial charge is 0.519 e. The van der Waals surface area contributed by atoms with Crippen LogP contribution in [-0.4, -0.2) is 7.12 Å². The zero-order valence-electron chi connectivity index (χ0n) is 26.1. The molecule has 6 rings (SSSR count). The Morgan fingerprint density at radius 2 is 0.466 bits per heavy atom. The van der Waals surface area contributed by atoms with Crippen molar-refractivity contribution in [3.63, 3.8) is 0 Å². The molecule has 0 heterocycles. The van der Waals surface area contributed by atoms with Crippen molar-refractivity contribution in [3.05, 3.63) is 134 Å². The normalized spacial score (nSPS) is 11.7. The molecule has 0 aromatic heterocycles. The Hall–Kier alpha value is -6.11. The predicted molar refractivity (Wildman–Crippen MR) is 145 cm³/mol. The van der Waals surface area contributed by atoms with Crippen LogP contribution in [0.4, 0.5) is 101 Å². The maximum Gasteiger partial charge on any atom is 0.636 e. The molecule has 0 atom stereocenters. The first-order chi connectivity index (χ1) is 26.9. The van der Waals surface area contributed by atoms with E-state index in [1.54, 1.807) is 0 Å². The molecule has 0 aliphatic heterocycles. The highest BCUT2D eigenvalue weighted by molar-refractivity contribution is 6.66. The highest BCUT2D eigenvalue weighted by Gasteiger charge is 2.45. The van der Waals surface area contributed by atoms with E-state index >= 15 is 26.3 Å². The maximum atomic E-state index is 15.7. The van der Waals surface area contributed by atoms with Crippen molar-refractivity contribution in [2.75, 3.05) is 0 Å². The van der Waals surface area contributed by atoms with Crippen molar-refractivity contribution in [2.24, 2.45) is 0 Å². The lowest BCUT2D eigenvalue weighted by atomic mass is 9.74. The van der Waals surface area contributed by atoms with Gasteiger partial charge in [-0.05, 0) is 0 Å². The van der Waals surface area contributed by atoms with Gasteiger partial charge < -0.3 is 9.31 Å². The van der Waals surface area contributed by atoms with Gasteiger partial charge in [-0.1, -0.05) is 0 Å². The van der Waals surface area contributed by atoms with Crippen LogP contribution in [0.5, 0.6) is 11.5 Å². The molecule has 0 bridgehead atoms. The number of benzene rings is 6. The molecule has 6 aromatic rings. The summed E-state index contributed by atoms with van der Waals surface area (Å²) in [6.07, 6.45) is 0. The van der Waals surface area contributed by atoms with E-state index in [4.69, 9.17) is 0 Å². The summed E-state index contributed by atoms with van der Waals surface area (Å²) in [5, 5.41) is -10.5. The van der Waals surface area contributed by atoms with Gasteiger partial charge in [-0.3, -0.25) is 0 Å². The Morgan fingerprint density at radius 3 is 0.914 bits per heavy atom. The molecular weight excluding hydrogens is 864 g/mol. The molecule has 26 heteroatoms. The molecule has 0 spiro atoms. The van der Waals surface area contributed by atoms with Crippen LogP contribution in [0.15, 0.2) is 0 Å². The summed E-state index contributed by atoms with van der Waals surface area (Å²) in [6.45, 7) is 0. The summed E-state index contributed by atoms with van der Waals surface area (Å²) in [5.41, 5.74) is -8.70. The van der Waals surface area contributed by atoms with Gasteiger partial charge in [0.2, 0.25) is 23.3 Å². The van der Waals surface area contributed by atoms with Gasteiger partial charge in [0, 0.05) is 5.39 Å². The lowest BCUT2D eigenvalue weighted by molar-refractivity contribution is 0.358. The maximum absolute atomic E-state index is 15.7. The van der Waals surface area contributed by atoms with Gasteiger partial charge in [-0.15, -0.1) is 0 Å². The molecule has 0 saturated carbocycles. The molecular formula is C32BF23O2. The van der Waals surface area contributed by atoms with Gasteiger partial charge in [0.05, 0.1) is 32.7 Å². The fourth-order valence-electron chi connectivity index (χ4n) is 5.45. The second kappa shape index (κ2) is 14.1. The zero-order valence-corrected chi connectivity index (χ0v) is 26.1. The lowest BCUT2D eigenvalue weighted by Gasteiger charge is -2.24. The van der Waals surface area contributed by atoms with E-state index in [-0.39, 0.29) is 0 Å². The molecule has 6 aromatic carbocycles. The standard InChI is InChI=1S/C32BF23O2/c34-8-1-2(10(36)20(46)19(8)45)9(35)18(44)17(43)7(1)33(57-31-6-4(14(40)26(52)29(31)55)11(37)21(47)24(50)15(6)41)58-32-5(16(42)25(51)28(54)30(32)56)3-12(38)22(48)27(53)23(49)13(3)39. The molecule has 0 N–H and O–H groups in total. The SMILES string of the molecule is Fc1c(F)c(F)c(-c2c(F)c(F)c(F)c(F)c2OB(Oc2c(F)c(F)c(F)c3c(F)c(F)c(F)c(F)c23)c2c(F)c(F)c(F)c3c(F)c(F)c(F)c(F)c23)c(F)c1F. The number of halogens is 23. The van der Waals surface area contributed by atoms with E-state index in [0.717, 1.165) is 0 Å². The third-order valence-electron chi connectivity index (χ3n) is 8.05. The van der Waals surface area contributed by atoms with Gasteiger partial charge in [0.1, 0.15) is 0 Å². The van der Waals surface area contributed by atoms with Crippen molar-refractivity contribution in [2.45, 2.75) is 0 Å². The second-order valence-corrected chi connectivity index (χ2v) is 11.1. The molecule has 0 aliphatic carbocycles. The van der Waals surface area contributed by atoms with Crippen LogP contribution in [0.3, 0.4) is 0 Å². The molecule has 0 unspecified atom stereocenters. The van der Waals surface area contributed by atoms with E-state index in [1.165, 1.54) is 0 Å². The van der Waals surface area contributed by atoms with Crippen LogP contribution in [0.25, 0.3) is 32.7 Å². The Bertz CT molecular complexity index is 2800. The summed E-state index contributed by atoms with van der Waals surface area (Å²) in [7, 11) is -4.46. The third-order valence-corrected chi connectivity index (χ3v) is 8.05. The Morgan fingerprint density at radius 1 is 0.207 bits per heavy atom. The van der Waals surface area contributed by atoms with Gasteiger partial charge in [-0.25, -0.2) is 92.2 Å². The number of hydrogen-bond acceptors (Lipinski definition) is 2. The van der Waals surface area contributed by atoms with Gasteiger partial charge >= 0.3 is 7.12 Å². The van der Waals surface area contributed by atoms with E-state index in [9.17, 15) is 74.6 Å². The van der Waals surface area contributed by atoms with Crippen molar-refractivity contribution in [1.29, 1.82) is 0 Å². The van der Waals surface area contributed by atoms with Crippen LogP contribution in [0.1, 0.15) is 0 Å². The van der Waals surface area contributed by atoms with Gasteiger partial charge in [0.15, 0.2) is 122 Å². The summed E-state index contributed by atoms with van der Waals surface area (Å²) in [4.78, 5) is 0. The number of hydrogen-bond donors (Lipinski definition) is 0. The molecule has 0 radical (unpaired) electrons. The number of fused-ring (bicyclic) bond motifs is 2. The molecule has 304 valence electrons. The van der Waals surface area contributed by atoms with E-state index in [1.807, 2.05) is 0 Å². The Labute approximate surface area is 301 Å². The Balaban J connectivity index is 1.85. The van der Waals surface area contributed by atoms with Gasteiger partial charge in [-0.2, -0.15) is 8.78 Å². The summed E-state index contributed by atoms with van der Waals surface area (Å²) in [5.74, 6) is -79.0. The molecule has 0 aliphatic rings. The van der Waals surface area contributed by atoms with Crippen molar-refractivity contribution >= 4 is 34.1 Å². The van der Waals surface area contributed by atoms with Crippen molar-refractivity contribution < 1.29 is 110 Å². The summed E-state index contributed by atoms with van der Waals surface area (Å²) >= 11 is 0. The molecule has 0 saturated heterocycles. The van der Waals surface area contributed by atoms with E-state index in [2.05, 4.69) is 9.31 Å². The first kappa shape index (κ1) is 41.5. The van der Waals surface area contributed by atoms with Gasteiger partial charge in [0.25, 0.3) is 0 Å². The molecule has 0 fully saturated rings. The van der Waals surface area contributed by atoms with Crippen LogP contribution in [0.2, 0.25) is 0 Å². The minimum Gasteiger partial charge on any atom is -0.519 e. The minimum atomic E-state index is -4.46. The quantitative estimate of drug-likeness (QED) is 0.0719. The first-order valence-electron chi connectivity index (χ1n) is 14.3. The van der Waals surface area contributed by atoms with Crippen LogP contribution < -0.4 is 14.8 Å². The summed E-state index contributed by atoms with van der Waals surface area (Å²) in [6, 6.07) is 0. The first-order valence-corrected chi connectivity index (χ1v) is 14.3. The van der Waals surface area contributed by atoms with Crippen LogP contribution in [-0.2, 0) is 0 Å². The lowest BCUT2D eigenvalue weighted by Crippen LogP contribution is -2.47. The van der Waals surface area contributed by atoms with Crippen molar-refractivity contribution in [1.82, 2.24) is 0 Å². The molecule has 2 nitrogen and oxygen atoms in total. The topological polar surface area (TPSA) is 18.5 Å². The van der Waals surface area contributed by atoms with Crippen LogP contribution >= 0.6 is 0 Å². The Kier molecular flexibility index (Phi) is 10.1. The fourth-order valence-corrected chi connectivity index (χ4v) is 5.45. The highest BCUT2D eigenvalue weighted by Crippen LogP contribution is 2.44. The minimum absolute atomic E-state index is 2.57. The second-order valence-electron chi connectivity index (χ2n) is 11.1. The fraction of sp³-hybridized carbons (Fsp3) is 0. The average molecular weight is 864 g/mol. The average Bonchev–Trinajstić information content (AvgIpc) is 3.19. The zero-order chi connectivity index (χ0) is 43.5. The monoisotopic (exact) mass is 864 g/mol. The largest absolute Gasteiger partial charge is 0.636 e. The molecule has 0 amide bonds. The highest BCUT2D eigenvalue weighted by atomic mass is 19.2. The van der Waals surface area contributed by atoms with Crippen molar-refractivity contribution in [3.8, 4) is 22.6 Å². The predicted octanol–water partition coefficient (Wildman–Crippen LogP) is 10.7. The number of rotatable bonds is 6. The molecule has 58 heavy (non-hydrogen) atoms. The third kappa shape index (κ3) is 5.60.